The number of hydrogen-bond donors (Lipinski definition) is 0. The minimum absolute atomic E-state index is 0.135. The first-order valence-electron chi connectivity index (χ1n) is 8.34. The van der Waals surface area contributed by atoms with Crippen molar-refractivity contribution in [2.24, 2.45) is 0 Å². The lowest BCUT2D eigenvalue weighted by molar-refractivity contribution is -0.148. The van der Waals surface area contributed by atoms with E-state index in [1.807, 2.05) is 0 Å². The van der Waals surface area contributed by atoms with Crippen LogP contribution in [-0.4, -0.2) is 17.4 Å². The van der Waals surface area contributed by atoms with Crippen molar-refractivity contribution in [2.75, 3.05) is 0 Å². The molecule has 0 aliphatic heterocycles. The van der Waals surface area contributed by atoms with E-state index in [0.29, 0.717) is 5.56 Å². The van der Waals surface area contributed by atoms with Gasteiger partial charge in [0.25, 0.3) is 6.08 Å². The lowest BCUT2D eigenvalue weighted by atomic mass is 9.97. The largest absolute Gasteiger partial charge is 0.457 e. The molecule has 2 aromatic carbocycles. The van der Waals surface area contributed by atoms with Crippen molar-refractivity contribution in [2.45, 2.75) is 26.4 Å². The van der Waals surface area contributed by atoms with Gasteiger partial charge in [0.2, 0.25) is 0 Å². The number of carbonyl (C=O) groups excluding carboxylic acids is 2. The van der Waals surface area contributed by atoms with Gasteiger partial charge in [-0.05, 0) is 38.0 Å². The Bertz CT molecular complexity index is 870. The highest BCUT2D eigenvalue weighted by molar-refractivity contribution is 6.29. The molecule has 27 heavy (non-hydrogen) atoms. The third-order valence-corrected chi connectivity index (χ3v) is 3.47. The smallest absolute Gasteiger partial charge is 0.331 e. The molecule has 0 amide bonds. The molecule has 0 aromatic heterocycles. The second kappa shape index (κ2) is 8.54. The van der Waals surface area contributed by atoms with Crippen LogP contribution in [0.25, 0.3) is 11.6 Å². The Morgan fingerprint density at radius 3 is 2.00 bits per heavy atom. The predicted octanol–water partition coefficient (Wildman–Crippen LogP) is 5.53. The first-order valence-corrected chi connectivity index (χ1v) is 8.34. The Hall–Kier alpha value is -3.08. The first kappa shape index (κ1) is 20.2. The van der Waals surface area contributed by atoms with Gasteiger partial charge in [-0.1, -0.05) is 54.6 Å². The van der Waals surface area contributed by atoms with Crippen molar-refractivity contribution in [3.05, 3.63) is 83.4 Å². The minimum Gasteiger partial charge on any atom is -0.457 e. The molecule has 0 atom stereocenters. The number of ether oxygens (including phenoxy) is 1. The summed E-state index contributed by atoms with van der Waals surface area (Å²) in [5, 5.41) is 0. The highest BCUT2D eigenvalue weighted by Gasteiger charge is 2.20. The van der Waals surface area contributed by atoms with Crippen LogP contribution in [0.3, 0.4) is 0 Å². The molecule has 3 nitrogen and oxygen atoms in total. The van der Waals surface area contributed by atoms with Crippen LogP contribution < -0.4 is 0 Å². The Kier molecular flexibility index (Phi) is 6.40. The fraction of sp³-hybridized carbons (Fsp3) is 0.182. The van der Waals surface area contributed by atoms with Crippen molar-refractivity contribution >= 4 is 23.4 Å². The molecule has 0 spiro atoms. The van der Waals surface area contributed by atoms with Gasteiger partial charge in [-0.25, -0.2) is 4.79 Å². The van der Waals surface area contributed by atoms with E-state index in [9.17, 15) is 18.4 Å². The number of esters is 1. The predicted molar refractivity (Wildman–Crippen MR) is 101 cm³/mol. The quantitative estimate of drug-likeness (QED) is 0.395. The van der Waals surface area contributed by atoms with E-state index in [0.717, 1.165) is 0 Å². The molecule has 0 heterocycles. The molecule has 0 aliphatic rings. The lowest BCUT2D eigenvalue weighted by Crippen LogP contribution is -2.22. The average Bonchev–Trinajstić information content (AvgIpc) is 2.59. The van der Waals surface area contributed by atoms with Gasteiger partial charge in [-0.3, -0.25) is 4.79 Å². The summed E-state index contributed by atoms with van der Waals surface area (Å²) in [6.07, 6.45) is 0.782. The van der Waals surface area contributed by atoms with Crippen LogP contribution >= 0.6 is 0 Å². The zero-order chi connectivity index (χ0) is 20.0. The van der Waals surface area contributed by atoms with E-state index >= 15 is 0 Å². The number of hydrogen-bond acceptors (Lipinski definition) is 3. The van der Waals surface area contributed by atoms with Gasteiger partial charge in [0.05, 0.1) is 5.57 Å². The van der Waals surface area contributed by atoms with E-state index in [1.54, 1.807) is 51.1 Å². The van der Waals surface area contributed by atoms with Gasteiger partial charge in [-0.2, -0.15) is 8.78 Å². The standard InChI is InChI=1S/C22H20F2O3/c1-22(2,3)27-18(25)14-11-15-9-12-17(13-10-15)20(26)19(21(23)24)16-7-5-4-6-8-16/h4-14H,1-3H3. The van der Waals surface area contributed by atoms with Gasteiger partial charge >= 0.3 is 5.97 Å². The Balaban J connectivity index is 2.18. The lowest BCUT2D eigenvalue weighted by Gasteiger charge is -2.17. The number of allylic oxidation sites excluding steroid dienone is 1. The summed E-state index contributed by atoms with van der Waals surface area (Å²) < 4.78 is 31.8. The first-order chi connectivity index (χ1) is 12.7. The summed E-state index contributed by atoms with van der Waals surface area (Å²) in [5.74, 6) is -1.25. The molecule has 2 rings (SSSR count). The van der Waals surface area contributed by atoms with Crippen molar-refractivity contribution < 1.29 is 23.1 Å². The van der Waals surface area contributed by atoms with E-state index in [2.05, 4.69) is 0 Å². The zero-order valence-corrected chi connectivity index (χ0v) is 15.3. The van der Waals surface area contributed by atoms with Crippen molar-refractivity contribution in [3.8, 4) is 0 Å². The maximum Gasteiger partial charge on any atom is 0.331 e. The Morgan fingerprint density at radius 2 is 1.48 bits per heavy atom. The van der Waals surface area contributed by atoms with E-state index in [4.69, 9.17) is 4.74 Å². The van der Waals surface area contributed by atoms with Crippen molar-refractivity contribution in [3.63, 3.8) is 0 Å². The summed E-state index contributed by atoms with van der Waals surface area (Å²) in [7, 11) is 0. The Labute approximate surface area is 157 Å². The van der Waals surface area contributed by atoms with Gasteiger partial charge in [0.1, 0.15) is 5.60 Å². The van der Waals surface area contributed by atoms with Crippen LogP contribution in [0.5, 0.6) is 0 Å². The van der Waals surface area contributed by atoms with Gasteiger partial charge < -0.3 is 4.74 Å². The highest BCUT2D eigenvalue weighted by Crippen LogP contribution is 2.25. The summed E-state index contributed by atoms with van der Waals surface area (Å²) in [5.41, 5.74) is -0.266. The molecule has 5 heteroatoms. The van der Waals surface area contributed by atoms with Gasteiger partial charge in [-0.15, -0.1) is 0 Å². The number of rotatable bonds is 5. The number of benzene rings is 2. The SMILES string of the molecule is CC(C)(C)OC(=O)C=Cc1ccc(C(=O)C(=C(F)F)c2ccccc2)cc1. The molecule has 140 valence electrons. The number of ketones is 1. The third kappa shape index (κ3) is 5.99. The normalized spacial score (nSPS) is 11.3. The molecule has 0 unspecified atom stereocenters. The summed E-state index contributed by atoms with van der Waals surface area (Å²) >= 11 is 0. The zero-order valence-electron chi connectivity index (χ0n) is 15.3. The fourth-order valence-electron chi connectivity index (χ4n) is 2.32. The van der Waals surface area contributed by atoms with Crippen LogP contribution in [-0.2, 0) is 9.53 Å². The van der Waals surface area contributed by atoms with E-state index in [-0.39, 0.29) is 11.1 Å². The molecule has 0 N–H and O–H groups in total. The maximum absolute atomic E-state index is 13.3. The molecule has 0 saturated carbocycles. The van der Waals surface area contributed by atoms with Gasteiger partial charge in [0, 0.05) is 11.6 Å². The molecule has 0 aliphatic carbocycles. The summed E-state index contributed by atoms with van der Waals surface area (Å²) in [6, 6.07) is 13.8. The fourth-order valence-corrected chi connectivity index (χ4v) is 2.32. The second-order valence-electron chi connectivity index (χ2n) is 6.82. The van der Waals surface area contributed by atoms with Crippen LogP contribution in [0.15, 0.2) is 66.8 Å². The van der Waals surface area contributed by atoms with Crippen LogP contribution in [0.1, 0.15) is 42.3 Å². The second-order valence-corrected chi connectivity index (χ2v) is 6.82. The highest BCUT2D eigenvalue weighted by atomic mass is 19.3. The number of carbonyl (C=O) groups is 2. The maximum atomic E-state index is 13.3. The molecular weight excluding hydrogens is 350 g/mol. The van der Waals surface area contributed by atoms with Crippen LogP contribution in [0, 0.1) is 0 Å². The molecule has 0 fully saturated rings. The van der Waals surface area contributed by atoms with Crippen molar-refractivity contribution in [1.82, 2.24) is 0 Å². The average molecular weight is 370 g/mol. The van der Waals surface area contributed by atoms with E-state index in [1.165, 1.54) is 36.4 Å². The third-order valence-electron chi connectivity index (χ3n) is 3.47. The minimum atomic E-state index is -2.03. The molecule has 0 saturated heterocycles. The molecule has 2 aromatic rings. The van der Waals surface area contributed by atoms with Gasteiger partial charge in [0.15, 0.2) is 5.78 Å². The summed E-state index contributed by atoms with van der Waals surface area (Å²) in [6.45, 7) is 5.29. The number of halogens is 2. The van der Waals surface area contributed by atoms with E-state index < -0.39 is 29.0 Å². The topological polar surface area (TPSA) is 43.4 Å². The molecule has 0 radical (unpaired) electrons. The van der Waals surface area contributed by atoms with Crippen LogP contribution in [0.2, 0.25) is 0 Å². The van der Waals surface area contributed by atoms with Crippen molar-refractivity contribution in [1.29, 1.82) is 0 Å². The Morgan fingerprint density at radius 1 is 0.889 bits per heavy atom. The molecular formula is C22H20F2O3. The van der Waals surface area contributed by atoms with Crippen LogP contribution in [0.4, 0.5) is 8.78 Å². The number of Topliss-reactive ketones (excluding diaryl/α,β-unsaturated/α-hetero) is 1. The monoisotopic (exact) mass is 370 g/mol. The molecule has 0 bridgehead atoms. The summed E-state index contributed by atoms with van der Waals surface area (Å²) in [4.78, 5) is 24.2.